The molecular weight excluding hydrogens is 378 g/mol. The van der Waals surface area contributed by atoms with Crippen LogP contribution < -0.4 is 10.2 Å². The maximum Gasteiger partial charge on any atom is 0.291 e. The van der Waals surface area contributed by atoms with Crippen LogP contribution in [0.15, 0.2) is 33.6 Å². The quantitative estimate of drug-likeness (QED) is 0.830. The van der Waals surface area contributed by atoms with Gasteiger partial charge in [0.15, 0.2) is 5.76 Å². The Balaban J connectivity index is 1.55. The van der Waals surface area contributed by atoms with Gasteiger partial charge in [0.1, 0.15) is 10.7 Å². The maximum atomic E-state index is 12.8. The van der Waals surface area contributed by atoms with Crippen LogP contribution >= 0.6 is 0 Å². The molecule has 1 aromatic carbocycles. The Labute approximate surface area is 165 Å². The van der Waals surface area contributed by atoms with E-state index in [-0.39, 0.29) is 16.4 Å². The van der Waals surface area contributed by atoms with E-state index in [1.54, 1.807) is 6.92 Å². The van der Waals surface area contributed by atoms with Gasteiger partial charge in [0.05, 0.1) is 0 Å². The first-order valence-corrected chi connectivity index (χ1v) is 11.1. The van der Waals surface area contributed by atoms with Crippen molar-refractivity contribution in [3.05, 3.63) is 41.3 Å². The Bertz CT molecular complexity index is 1010. The number of aryl methyl sites for hydroxylation is 1. The van der Waals surface area contributed by atoms with Gasteiger partial charge in [-0.3, -0.25) is 4.79 Å². The SMILES string of the molecule is CCN1CCc2ccc(NC(=O)c3cc(S(=O)(=O)N4CCCC4)c(C)o3)cc21. The van der Waals surface area contributed by atoms with E-state index in [9.17, 15) is 13.2 Å². The first-order chi connectivity index (χ1) is 13.4. The summed E-state index contributed by atoms with van der Waals surface area (Å²) in [5.41, 5.74) is 3.07. The fourth-order valence-electron chi connectivity index (χ4n) is 3.95. The van der Waals surface area contributed by atoms with E-state index in [1.807, 2.05) is 18.2 Å². The third kappa shape index (κ3) is 3.31. The molecule has 3 heterocycles. The number of anilines is 2. The van der Waals surface area contributed by atoms with Crippen LogP contribution in [0.2, 0.25) is 0 Å². The van der Waals surface area contributed by atoms with Gasteiger partial charge >= 0.3 is 0 Å². The van der Waals surface area contributed by atoms with Crippen LogP contribution in [0.5, 0.6) is 0 Å². The van der Waals surface area contributed by atoms with Crippen LogP contribution in [-0.2, 0) is 16.4 Å². The number of sulfonamides is 1. The lowest BCUT2D eigenvalue weighted by Crippen LogP contribution is -2.28. The van der Waals surface area contributed by atoms with E-state index in [0.717, 1.165) is 38.0 Å². The van der Waals surface area contributed by atoms with Gasteiger partial charge in [-0.05, 0) is 50.8 Å². The molecule has 1 aromatic heterocycles. The van der Waals surface area contributed by atoms with Crippen molar-refractivity contribution >= 4 is 27.3 Å². The predicted octanol–water partition coefficient (Wildman–Crippen LogP) is 3.01. The molecule has 1 fully saturated rings. The Kier molecular flexibility index (Phi) is 4.93. The highest BCUT2D eigenvalue weighted by molar-refractivity contribution is 7.89. The zero-order valence-corrected chi connectivity index (χ0v) is 17.0. The van der Waals surface area contributed by atoms with Crippen LogP contribution in [0.3, 0.4) is 0 Å². The van der Waals surface area contributed by atoms with E-state index in [1.165, 1.54) is 15.9 Å². The fourth-order valence-corrected chi connectivity index (χ4v) is 5.62. The molecule has 0 atom stereocenters. The van der Waals surface area contributed by atoms with Crippen LogP contribution in [0, 0.1) is 6.92 Å². The van der Waals surface area contributed by atoms with Gasteiger partial charge in [-0.25, -0.2) is 8.42 Å². The van der Waals surface area contributed by atoms with E-state index in [4.69, 9.17) is 4.42 Å². The maximum absolute atomic E-state index is 12.8. The van der Waals surface area contributed by atoms with Crippen molar-refractivity contribution in [2.45, 2.75) is 38.0 Å². The summed E-state index contributed by atoms with van der Waals surface area (Å²) in [5, 5.41) is 2.83. The van der Waals surface area contributed by atoms with Gasteiger partial charge in [-0.15, -0.1) is 0 Å². The molecule has 7 nitrogen and oxygen atoms in total. The van der Waals surface area contributed by atoms with Gasteiger partial charge < -0.3 is 14.6 Å². The van der Waals surface area contributed by atoms with E-state index >= 15 is 0 Å². The van der Waals surface area contributed by atoms with Crippen LogP contribution in [0.25, 0.3) is 0 Å². The highest BCUT2D eigenvalue weighted by Gasteiger charge is 2.31. The van der Waals surface area contributed by atoms with Crippen molar-refractivity contribution < 1.29 is 17.6 Å². The molecule has 0 spiro atoms. The molecule has 0 radical (unpaired) electrons. The number of benzene rings is 1. The number of carbonyl (C=O) groups is 1. The first-order valence-electron chi connectivity index (χ1n) is 9.70. The minimum atomic E-state index is -3.62. The van der Waals surface area contributed by atoms with Crippen molar-refractivity contribution in [2.24, 2.45) is 0 Å². The van der Waals surface area contributed by atoms with Crippen molar-refractivity contribution in [2.75, 3.05) is 36.4 Å². The number of rotatable bonds is 5. The van der Waals surface area contributed by atoms with E-state index < -0.39 is 15.9 Å². The number of amides is 1. The smallest absolute Gasteiger partial charge is 0.291 e. The number of hydrogen-bond donors (Lipinski definition) is 1. The fraction of sp³-hybridized carbons (Fsp3) is 0.450. The predicted molar refractivity (Wildman–Crippen MR) is 107 cm³/mol. The van der Waals surface area contributed by atoms with Crippen molar-refractivity contribution in [1.82, 2.24) is 4.31 Å². The molecule has 8 heteroatoms. The van der Waals surface area contributed by atoms with Gasteiger partial charge in [0.2, 0.25) is 10.0 Å². The number of fused-ring (bicyclic) bond motifs is 1. The van der Waals surface area contributed by atoms with Crippen LogP contribution in [0.4, 0.5) is 11.4 Å². The summed E-state index contributed by atoms with van der Waals surface area (Å²) < 4.78 is 32.5. The van der Waals surface area contributed by atoms with E-state index in [2.05, 4.69) is 17.1 Å². The molecule has 0 unspecified atom stereocenters. The van der Waals surface area contributed by atoms with Crippen LogP contribution in [-0.4, -0.2) is 44.8 Å². The molecule has 0 saturated carbocycles. The minimum Gasteiger partial charge on any atom is -0.455 e. The molecule has 4 rings (SSSR count). The summed E-state index contributed by atoms with van der Waals surface area (Å²) >= 11 is 0. The number of nitrogens with zero attached hydrogens (tertiary/aromatic N) is 2. The summed E-state index contributed by atoms with van der Waals surface area (Å²) in [7, 11) is -3.62. The van der Waals surface area contributed by atoms with E-state index in [0.29, 0.717) is 18.8 Å². The monoisotopic (exact) mass is 403 g/mol. The number of carbonyl (C=O) groups excluding carboxylic acids is 1. The van der Waals surface area contributed by atoms with Crippen LogP contribution in [0.1, 0.15) is 41.6 Å². The molecule has 2 aliphatic heterocycles. The Hall–Kier alpha value is -2.32. The summed E-state index contributed by atoms with van der Waals surface area (Å²) in [4.78, 5) is 15.0. The van der Waals surface area contributed by atoms with Gasteiger partial charge in [-0.1, -0.05) is 6.07 Å². The minimum absolute atomic E-state index is 0.00289. The lowest BCUT2D eigenvalue weighted by atomic mass is 10.1. The topological polar surface area (TPSA) is 82.9 Å². The number of furan rings is 1. The van der Waals surface area contributed by atoms with Crippen molar-refractivity contribution in [3.8, 4) is 0 Å². The molecule has 2 aromatic rings. The summed E-state index contributed by atoms with van der Waals surface area (Å²) in [5.74, 6) is -0.210. The summed E-state index contributed by atoms with van der Waals surface area (Å²) in [6.07, 6.45) is 2.72. The highest BCUT2D eigenvalue weighted by atomic mass is 32.2. The summed E-state index contributed by atoms with van der Waals surface area (Å²) in [6, 6.07) is 7.19. The molecule has 0 aliphatic carbocycles. The molecule has 1 N–H and O–H groups in total. The lowest BCUT2D eigenvalue weighted by molar-refractivity contribution is 0.0995. The zero-order valence-electron chi connectivity index (χ0n) is 16.2. The Morgan fingerprint density at radius 1 is 1.18 bits per heavy atom. The summed E-state index contributed by atoms with van der Waals surface area (Å²) in [6.45, 7) is 6.61. The normalized spacial score (nSPS) is 17.1. The second-order valence-corrected chi connectivity index (χ2v) is 9.18. The average Bonchev–Trinajstić information content (AvgIpc) is 3.41. The molecular formula is C20H25N3O4S. The zero-order chi connectivity index (χ0) is 19.9. The lowest BCUT2D eigenvalue weighted by Gasteiger charge is -2.17. The van der Waals surface area contributed by atoms with Gasteiger partial charge in [0.25, 0.3) is 5.91 Å². The van der Waals surface area contributed by atoms with Gasteiger partial charge in [-0.2, -0.15) is 4.31 Å². The third-order valence-corrected chi connectivity index (χ3v) is 7.50. The highest BCUT2D eigenvalue weighted by Crippen LogP contribution is 2.31. The number of hydrogen-bond acceptors (Lipinski definition) is 5. The molecule has 28 heavy (non-hydrogen) atoms. The number of nitrogens with one attached hydrogen (secondary N) is 1. The molecule has 150 valence electrons. The Morgan fingerprint density at radius 3 is 2.64 bits per heavy atom. The second kappa shape index (κ2) is 7.25. The molecule has 1 amide bonds. The standard InChI is InChI=1S/C20H25N3O4S/c1-3-22-11-8-15-6-7-16(12-17(15)22)21-20(24)18-13-19(14(2)27-18)28(25,26)23-9-4-5-10-23/h6-7,12-13H,3-5,8-11H2,1-2H3,(H,21,24). The first kappa shape index (κ1) is 19.0. The molecule has 1 saturated heterocycles. The average molecular weight is 404 g/mol. The van der Waals surface area contributed by atoms with Crippen molar-refractivity contribution in [1.29, 1.82) is 0 Å². The molecule has 2 aliphatic rings. The second-order valence-electron chi connectivity index (χ2n) is 7.27. The largest absolute Gasteiger partial charge is 0.455 e. The number of likely N-dealkylation sites (N-methyl/N-ethyl adjacent to an activating group) is 1. The third-order valence-electron chi connectivity index (χ3n) is 5.50. The van der Waals surface area contributed by atoms with Crippen molar-refractivity contribution in [3.63, 3.8) is 0 Å². The molecule has 0 bridgehead atoms. The van der Waals surface area contributed by atoms with Gasteiger partial charge in [0, 0.05) is 43.6 Å². The Morgan fingerprint density at radius 2 is 1.93 bits per heavy atom.